The Morgan fingerprint density at radius 1 is 0.929 bits per heavy atom. The number of benzene rings is 3. The van der Waals surface area contributed by atoms with E-state index in [0.29, 0.717) is 5.56 Å². The van der Waals surface area contributed by atoms with E-state index in [4.69, 9.17) is 0 Å². The Bertz CT molecular complexity index is 1090. The second-order valence-electron chi connectivity index (χ2n) is 6.93. The molecule has 1 atom stereocenters. The van der Waals surface area contributed by atoms with Gasteiger partial charge in [-0.2, -0.15) is 0 Å². The molecule has 0 fully saturated rings. The van der Waals surface area contributed by atoms with E-state index >= 15 is 0 Å². The van der Waals surface area contributed by atoms with Crippen molar-refractivity contribution < 1.29 is 4.79 Å². The third-order valence-corrected chi connectivity index (χ3v) is 5.03. The van der Waals surface area contributed by atoms with Crippen LogP contribution in [0.25, 0.3) is 10.9 Å². The highest BCUT2D eigenvalue weighted by molar-refractivity contribution is 5.94. The number of rotatable bonds is 5. The zero-order chi connectivity index (χ0) is 19.5. The van der Waals surface area contributed by atoms with Crippen LogP contribution in [0.1, 0.15) is 33.1 Å². The molecule has 4 nitrogen and oxygen atoms in total. The van der Waals surface area contributed by atoms with Crippen LogP contribution >= 0.6 is 0 Å². The van der Waals surface area contributed by atoms with Gasteiger partial charge in [-0.3, -0.25) is 4.79 Å². The van der Waals surface area contributed by atoms with Gasteiger partial charge in [-0.05, 0) is 42.8 Å². The number of hydrogen-bond donors (Lipinski definition) is 3. The van der Waals surface area contributed by atoms with E-state index in [1.807, 2.05) is 30.3 Å². The molecular formula is C24H23N3O. The number of hydrogen-bond acceptors (Lipinski definition) is 2. The number of aromatic nitrogens is 1. The van der Waals surface area contributed by atoms with Gasteiger partial charge in [-0.15, -0.1) is 0 Å². The zero-order valence-electron chi connectivity index (χ0n) is 16.0. The molecule has 0 radical (unpaired) electrons. The molecule has 1 unspecified atom stereocenters. The number of carbonyl (C=O) groups is 1. The number of aromatic amines is 1. The van der Waals surface area contributed by atoms with Crippen molar-refractivity contribution in [1.82, 2.24) is 10.3 Å². The molecule has 4 aromatic rings. The van der Waals surface area contributed by atoms with Gasteiger partial charge in [0.2, 0.25) is 0 Å². The Morgan fingerprint density at radius 3 is 2.36 bits per heavy atom. The molecule has 140 valence electrons. The van der Waals surface area contributed by atoms with Crippen molar-refractivity contribution in [2.75, 3.05) is 12.4 Å². The minimum Gasteiger partial charge on any atom is -0.374 e. The number of aryl methyl sites for hydroxylation is 1. The summed E-state index contributed by atoms with van der Waals surface area (Å²) >= 11 is 0. The van der Waals surface area contributed by atoms with Crippen LogP contribution in [0.5, 0.6) is 0 Å². The summed E-state index contributed by atoms with van der Waals surface area (Å²) in [6.45, 7) is 2.08. The third-order valence-electron chi connectivity index (χ3n) is 5.03. The lowest BCUT2D eigenvalue weighted by atomic mass is 9.96. The Balaban J connectivity index is 1.77. The third kappa shape index (κ3) is 3.49. The van der Waals surface area contributed by atoms with E-state index in [1.165, 1.54) is 16.5 Å². The fourth-order valence-electron chi connectivity index (χ4n) is 3.46. The van der Waals surface area contributed by atoms with Gasteiger partial charge in [0, 0.05) is 41.0 Å². The highest BCUT2D eigenvalue weighted by Gasteiger charge is 2.18. The molecule has 0 aliphatic rings. The largest absolute Gasteiger partial charge is 0.374 e. The summed E-state index contributed by atoms with van der Waals surface area (Å²) in [6.07, 6.45) is 2.06. The molecule has 0 aliphatic carbocycles. The van der Waals surface area contributed by atoms with Crippen molar-refractivity contribution in [1.29, 1.82) is 0 Å². The van der Waals surface area contributed by atoms with Crippen LogP contribution in [-0.4, -0.2) is 17.9 Å². The zero-order valence-corrected chi connectivity index (χ0v) is 16.0. The summed E-state index contributed by atoms with van der Waals surface area (Å²) in [7, 11) is 1.64. The average Bonchev–Trinajstić information content (AvgIpc) is 3.17. The molecule has 0 aliphatic heterocycles. The van der Waals surface area contributed by atoms with Crippen molar-refractivity contribution in [2.45, 2.75) is 13.0 Å². The quantitative estimate of drug-likeness (QED) is 0.462. The first-order valence-electron chi connectivity index (χ1n) is 9.37. The lowest BCUT2D eigenvalue weighted by Gasteiger charge is -2.21. The summed E-state index contributed by atoms with van der Waals surface area (Å²) in [5.41, 5.74) is 6.30. The normalized spacial score (nSPS) is 11.9. The molecule has 4 rings (SSSR count). The minimum absolute atomic E-state index is 0.0439. The van der Waals surface area contributed by atoms with E-state index in [0.717, 1.165) is 16.8 Å². The molecule has 3 N–H and O–H groups in total. The van der Waals surface area contributed by atoms with Gasteiger partial charge in [0.25, 0.3) is 5.91 Å². The highest BCUT2D eigenvalue weighted by atomic mass is 16.1. The standard InChI is InChI=1S/C24H23N3O/c1-16-7-13-19(14-8-16)27-23(17-9-11-18(12-10-17)24(28)25-2)21-15-26-22-6-4-3-5-20(21)22/h3-15,23,26-27H,1-2H3,(H,25,28). The highest BCUT2D eigenvalue weighted by Crippen LogP contribution is 2.32. The van der Waals surface area contributed by atoms with Crippen molar-refractivity contribution in [3.63, 3.8) is 0 Å². The monoisotopic (exact) mass is 369 g/mol. The lowest BCUT2D eigenvalue weighted by molar-refractivity contribution is 0.0963. The average molecular weight is 369 g/mol. The topological polar surface area (TPSA) is 56.9 Å². The van der Waals surface area contributed by atoms with Gasteiger partial charge in [-0.1, -0.05) is 48.0 Å². The Morgan fingerprint density at radius 2 is 1.64 bits per heavy atom. The summed E-state index contributed by atoms with van der Waals surface area (Å²) in [4.78, 5) is 15.3. The molecule has 4 heteroatoms. The molecule has 1 amide bonds. The Kier molecular flexibility index (Phi) is 4.85. The van der Waals surface area contributed by atoms with E-state index in [1.54, 1.807) is 7.05 Å². The van der Waals surface area contributed by atoms with Gasteiger partial charge in [0.05, 0.1) is 6.04 Å². The van der Waals surface area contributed by atoms with Crippen LogP contribution < -0.4 is 10.6 Å². The first-order chi connectivity index (χ1) is 13.7. The summed E-state index contributed by atoms with van der Waals surface area (Å²) in [5.74, 6) is -0.0818. The molecule has 0 bridgehead atoms. The van der Waals surface area contributed by atoms with E-state index in [2.05, 4.69) is 71.2 Å². The van der Waals surface area contributed by atoms with Crippen LogP contribution in [0, 0.1) is 6.92 Å². The second-order valence-corrected chi connectivity index (χ2v) is 6.93. The van der Waals surface area contributed by atoms with Crippen LogP contribution in [0.3, 0.4) is 0 Å². The second kappa shape index (κ2) is 7.61. The molecule has 0 saturated carbocycles. The van der Waals surface area contributed by atoms with E-state index < -0.39 is 0 Å². The molecule has 1 aromatic heterocycles. The van der Waals surface area contributed by atoms with Crippen LogP contribution in [0.2, 0.25) is 0 Å². The summed E-state index contributed by atoms with van der Waals surface area (Å²) in [5, 5.41) is 7.51. The van der Waals surface area contributed by atoms with Gasteiger partial charge in [-0.25, -0.2) is 0 Å². The fourth-order valence-corrected chi connectivity index (χ4v) is 3.46. The molecule has 3 aromatic carbocycles. The van der Waals surface area contributed by atoms with E-state index in [-0.39, 0.29) is 11.9 Å². The first kappa shape index (κ1) is 17.9. The Labute approximate surface area is 164 Å². The number of H-pyrrole nitrogens is 1. The number of nitrogens with one attached hydrogen (secondary N) is 3. The van der Waals surface area contributed by atoms with Gasteiger partial charge < -0.3 is 15.6 Å². The van der Waals surface area contributed by atoms with Crippen LogP contribution in [0.15, 0.2) is 79.0 Å². The Hall–Kier alpha value is -3.53. The SMILES string of the molecule is CNC(=O)c1ccc(C(Nc2ccc(C)cc2)c2c[nH]c3ccccc23)cc1. The molecule has 1 heterocycles. The number of carbonyl (C=O) groups excluding carboxylic acids is 1. The smallest absolute Gasteiger partial charge is 0.251 e. The predicted molar refractivity (Wildman–Crippen MR) is 115 cm³/mol. The maximum Gasteiger partial charge on any atom is 0.251 e. The molecular weight excluding hydrogens is 346 g/mol. The molecule has 0 saturated heterocycles. The van der Waals surface area contributed by atoms with Crippen molar-refractivity contribution in [2.24, 2.45) is 0 Å². The summed E-state index contributed by atoms with van der Waals surface area (Å²) < 4.78 is 0. The first-order valence-corrected chi connectivity index (χ1v) is 9.37. The van der Waals surface area contributed by atoms with Crippen molar-refractivity contribution >= 4 is 22.5 Å². The minimum atomic E-state index is -0.0818. The van der Waals surface area contributed by atoms with E-state index in [9.17, 15) is 4.79 Å². The van der Waals surface area contributed by atoms with Gasteiger partial charge in [0.1, 0.15) is 0 Å². The van der Waals surface area contributed by atoms with Gasteiger partial charge in [0.15, 0.2) is 0 Å². The van der Waals surface area contributed by atoms with Crippen LogP contribution in [-0.2, 0) is 0 Å². The number of amides is 1. The molecule has 0 spiro atoms. The maximum atomic E-state index is 11.9. The fraction of sp³-hybridized carbons (Fsp3) is 0.125. The van der Waals surface area contributed by atoms with Crippen molar-refractivity contribution in [3.8, 4) is 0 Å². The number of para-hydroxylation sites is 1. The van der Waals surface area contributed by atoms with Crippen LogP contribution in [0.4, 0.5) is 5.69 Å². The van der Waals surface area contributed by atoms with Crippen molar-refractivity contribution in [3.05, 3.63) is 101 Å². The van der Waals surface area contributed by atoms with Gasteiger partial charge >= 0.3 is 0 Å². The number of anilines is 1. The maximum absolute atomic E-state index is 11.9. The predicted octanol–water partition coefficient (Wildman–Crippen LogP) is 5.04. The summed E-state index contributed by atoms with van der Waals surface area (Å²) in [6, 6.07) is 24.4. The molecule has 28 heavy (non-hydrogen) atoms. The lowest BCUT2D eigenvalue weighted by Crippen LogP contribution is -2.18. The number of fused-ring (bicyclic) bond motifs is 1.